The Bertz CT molecular complexity index is 366. The van der Waals surface area contributed by atoms with Crippen LogP contribution in [-0.4, -0.2) is 20.8 Å². The molecule has 1 aromatic rings. The van der Waals surface area contributed by atoms with E-state index in [0.29, 0.717) is 6.04 Å². The smallest absolute Gasteiger partial charge is 0.123 e. The summed E-state index contributed by atoms with van der Waals surface area (Å²) in [6.07, 6.45) is 4.88. The lowest BCUT2D eigenvalue weighted by molar-refractivity contribution is 0.384. The van der Waals surface area contributed by atoms with Gasteiger partial charge < -0.3 is 14.8 Å². The van der Waals surface area contributed by atoms with Gasteiger partial charge in [-0.15, -0.1) is 0 Å². The van der Waals surface area contributed by atoms with E-state index in [1.165, 1.54) is 24.8 Å². The largest absolute Gasteiger partial charge is 0.497 e. The Labute approximate surface area is 117 Å². The van der Waals surface area contributed by atoms with E-state index in [9.17, 15) is 0 Å². The van der Waals surface area contributed by atoms with Gasteiger partial charge in [-0.25, -0.2) is 0 Å². The van der Waals surface area contributed by atoms with Crippen LogP contribution in [0.3, 0.4) is 0 Å². The molecule has 3 nitrogen and oxygen atoms in total. The maximum absolute atomic E-state index is 5.48. The second-order valence-electron chi connectivity index (χ2n) is 4.71. The molecule has 0 fully saturated rings. The lowest BCUT2D eigenvalue weighted by Crippen LogP contribution is -2.21. The molecule has 1 N–H and O–H groups in total. The van der Waals surface area contributed by atoms with E-state index in [0.717, 1.165) is 24.5 Å². The van der Waals surface area contributed by atoms with Crippen LogP contribution in [0.5, 0.6) is 11.5 Å². The SMILES string of the molecule is CCCCCC(NCC)c1cc(OC)ccc1OC. The van der Waals surface area contributed by atoms with Gasteiger partial charge in [-0.1, -0.05) is 33.1 Å². The quantitative estimate of drug-likeness (QED) is 0.686. The second-order valence-corrected chi connectivity index (χ2v) is 4.71. The van der Waals surface area contributed by atoms with Gasteiger partial charge in [0.05, 0.1) is 14.2 Å². The van der Waals surface area contributed by atoms with Gasteiger partial charge in [0.15, 0.2) is 0 Å². The van der Waals surface area contributed by atoms with Crippen LogP contribution in [0.1, 0.15) is 51.1 Å². The van der Waals surface area contributed by atoms with Gasteiger partial charge in [0.2, 0.25) is 0 Å². The molecule has 0 spiro atoms. The number of methoxy groups -OCH3 is 2. The summed E-state index contributed by atoms with van der Waals surface area (Å²) in [4.78, 5) is 0. The van der Waals surface area contributed by atoms with Crippen LogP contribution < -0.4 is 14.8 Å². The first-order valence-electron chi connectivity index (χ1n) is 7.22. The summed E-state index contributed by atoms with van der Waals surface area (Å²) in [5.41, 5.74) is 1.19. The summed E-state index contributed by atoms with van der Waals surface area (Å²) in [5, 5.41) is 3.55. The zero-order chi connectivity index (χ0) is 14.1. The van der Waals surface area contributed by atoms with E-state index < -0.39 is 0 Å². The van der Waals surface area contributed by atoms with Crippen LogP contribution in [0.2, 0.25) is 0 Å². The summed E-state index contributed by atoms with van der Waals surface area (Å²) in [5.74, 6) is 1.82. The first kappa shape index (κ1) is 15.8. The van der Waals surface area contributed by atoms with Gasteiger partial charge in [-0.2, -0.15) is 0 Å². The lowest BCUT2D eigenvalue weighted by Gasteiger charge is -2.21. The Morgan fingerprint density at radius 2 is 1.89 bits per heavy atom. The molecule has 0 aliphatic heterocycles. The molecule has 1 aromatic carbocycles. The molecule has 1 rings (SSSR count). The number of benzene rings is 1. The molecule has 0 amide bonds. The van der Waals surface area contributed by atoms with E-state index >= 15 is 0 Å². The Balaban J connectivity index is 2.91. The van der Waals surface area contributed by atoms with Crippen molar-refractivity contribution in [1.82, 2.24) is 5.32 Å². The molecule has 0 saturated carbocycles. The molecule has 0 aromatic heterocycles. The van der Waals surface area contributed by atoms with Crippen molar-refractivity contribution < 1.29 is 9.47 Å². The standard InChI is InChI=1S/C16H27NO2/c1-5-7-8-9-15(17-6-2)14-12-13(18-3)10-11-16(14)19-4/h10-12,15,17H,5-9H2,1-4H3. The van der Waals surface area contributed by atoms with Crippen LogP contribution >= 0.6 is 0 Å². The number of hydrogen-bond donors (Lipinski definition) is 1. The van der Waals surface area contributed by atoms with Crippen LogP contribution in [0.25, 0.3) is 0 Å². The number of rotatable bonds is 9. The van der Waals surface area contributed by atoms with Crippen molar-refractivity contribution in [3.05, 3.63) is 23.8 Å². The number of unbranched alkanes of at least 4 members (excludes halogenated alkanes) is 2. The summed E-state index contributed by atoms with van der Waals surface area (Å²) in [7, 11) is 3.42. The Kier molecular flexibility index (Phi) is 7.34. The van der Waals surface area contributed by atoms with Crippen molar-refractivity contribution >= 4 is 0 Å². The molecule has 0 aliphatic carbocycles. The van der Waals surface area contributed by atoms with Gasteiger partial charge in [0, 0.05) is 11.6 Å². The molecule has 0 aliphatic rings. The topological polar surface area (TPSA) is 30.5 Å². The van der Waals surface area contributed by atoms with Gasteiger partial charge in [-0.05, 0) is 31.2 Å². The molecule has 0 saturated heterocycles. The van der Waals surface area contributed by atoms with E-state index in [1.54, 1.807) is 14.2 Å². The van der Waals surface area contributed by atoms with Gasteiger partial charge >= 0.3 is 0 Å². The molecule has 3 heteroatoms. The third-order valence-corrected chi connectivity index (χ3v) is 3.36. The highest BCUT2D eigenvalue weighted by Crippen LogP contribution is 2.32. The van der Waals surface area contributed by atoms with E-state index in [1.807, 2.05) is 12.1 Å². The molecule has 1 atom stereocenters. The van der Waals surface area contributed by atoms with Gasteiger partial charge in [-0.3, -0.25) is 0 Å². The van der Waals surface area contributed by atoms with E-state index in [4.69, 9.17) is 9.47 Å². The van der Waals surface area contributed by atoms with Crippen LogP contribution in [0, 0.1) is 0 Å². The molecule has 108 valence electrons. The Morgan fingerprint density at radius 1 is 1.11 bits per heavy atom. The molecule has 0 heterocycles. The molecule has 1 unspecified atom stereocenters. The fraction of sp³-hybridized carbons (Fsp3) is 0.625. The molecule has 0 radical (unpaired) electrons. The van der Waals surface area contributed by atoms with Crippen LogP contribution in [0.4, 0.5) is 0 Å². The molecule has 19 heavy (non-hydrogen) atoms. The maximum Gasteiger partial charge on any atom is 0.123 e. The number of ether oxygens (including phenoxy) is 2. The molecular formula is C16H27NO2. The highest BCUT2D eigenvalue weighted by atomic mass is 16.5. The Morgan fingerprint density at radius 3 is 2.47 bits per heavy atom. The van der Waals surface area contributed by atoms with Crippen molar-refractivity contribution in [3.8, 4) is 11.5 Å². The highest BCUT2D eigenvalue weighted by molar-refractivity contribution is 5.42. The van der Waals surface area contributed by atoms with Crippen molar-refractivity contribution in [2.75, 3.05) is 20.8 Å². The van der Waals surface area contributed by atoms with Gasteiger partial charge in [0.1, 0.15) is 11.5 Å². The van der Waals surface area contributed by atoms with Crippen molar-refractivity contribution in [2.45, 2.75) is 45.6 Å². The minimum Gasteiger partial charge on any atom is -0.497 e. The summed E-state index contributed by atoms with van der Waals surface area (Å²) in [6.45, 7) is 5.32. The number of hydrogen-bond acceptors (Lipinski definition) is 3. The van der Waals surface area contributed by atoms with Gasteiger partial charge in [0.25, 0.3) is 0 Å². The van der Waals surface area contributed by atoms with Crippen molar-refractivity contribution in [3.63, 3.8) is 0 Å². The highest BCUT2D eigenvalue weighted by Gasteiger charge is 2.15. The first-order chi connectivity index (χ1) is 9.26. The normalized spacial score (nSPS) is 12.2. The van der Waals surface area contributed by atoms with Crippen molar-refractivity contribution in [1.29, 1.82) is 0 Å². The van der Waals surface area contributed by atoms with E-state index in [-0.39, 0.29) is 0 Å². The molecular weight excluding hydrogens is 238 g/mol. The first-order valence-corrected chi connectivity index (χ1v) is 7.22. The predicted octanol–water partition coefficient (Wildman–Crippen LogP) is 3.93. The summed E-state index contributed by atoms with van der Waals surface area (Å²) < 4.78 is 10.8. The Hall–Kier alpha value is -1.22. The minimum absolute atomic E-state index is 0.335. The predicted molar refractivity (Wildman–Crippen MR) is 80.1 cm³/mol. The van der Waals surface area contributed by atoms with Crippen molar-refractivity contribution in [2.24, 2.45) is 0 Å². The number of nitrogens with one attached hydrogen (secondary N) is 1. The summed E-state index contributed by atoms with van der Waals surface area (Å²) in [6, 6.07) is 6.34. The fourth-order valence-electron chi connectivity index (χ4n) is 2.32. The minimum atomic E-state index is 0.335. The van der Waals surface area contributed by atoms with Crippen LogP contribution in [-0.2, 0) is 0 Å². The average molecular weight is 265 g/mol. The second kappa shape index (κ2) is 8.81. The average Bonchev–Trinajstić information content (AvgIpc) is 2.46. The van der Waals surface area contributed by atoms with E-state index in [2.05, 4.69) is 25.2 Å². The maximum atomic E-state index is 5.48. The fourth-order valence-corrected chi connectivity index (χ4v) is 2.32. The summed E-state index contributed by atoms with van der Waals surface area (Å²) >= 11 is 0. The zero-order valence-corrected chi connectivity index (χ0v) is 12.7. The third-order valence-electron chi connectivity index (χ3n) is 3.36. The molecule has 0 bridgehead atoms. The lowest BCUT2D eigenvalue weighted by atomic mass is 9.99. The zero-order valence-electron chi connectivity index (χ0n) is 12.7. The third kappa shape index (κ3) is 4.75. The monoisotopic (exact) mass is 265 g/mol. The van der Waals surface area contributed by atoms with Crippen LogP contribution in [0.15, 0.2) is 18.2 Å².